The van der Waals surface area contributed by atoms with Crippen LogP contribution in [0.25, 0.3) is 0 Å². The Balaban J connectivity index is 1.54. The normalized spacial score (nSPS) is 13.4. The largest absolute Gasteiger partial charge is 0.497 e. The third-order valence-electron chi connectivity index (χ3n) is 4.64. The molecule has 3 rings (SSSR count). The van der Waals surface area contributed by atoms with Crippen LogP contribution in [0.2, 0.25) is 0 Å². The maximum atomic E-state index is 12.6. The van der Waals surface area contributed by atoms with Gasteiger partial charge in [0.05, 0.1) is 25.2 Å². The molecule has 9 heteroatoms. The molecule has 0 radical (unpaired) electrons. The summed E-state index contributed by atoms with van der Waals surface area (Å²) >= 11 is 0. The zero-order chi connectivity index (χ0) is 21.6. The average molecular weight is 435 g/mol. The Morgan fingerprint density at radius 3 is 2.67 bits per heavy atom. The standard InChI is InChI=1S/C21H26N2O6S/c1-23(15-16-5-3-6-17(13-16)27-2)21(24)9-10-22-30(25,26)18-7-8-19-20(14-18)29-12-4-11-28-19/h3,5-8,13-14,22H,4,9-12,15H2,1-2H3. The minimum Gasteiger partial charge on any atom is -0.497 e. The van der Waals surface area contributed by atoms with Crippen molar-refractivity contribution in [3.05, 3.63) is 48.0 Å². The second-order valence-corrected chi connectivity index (χ2v) is 8.68. The van der Waals surface area contributed by atoms with E-state index >= 15 is 0 Å². The van der Waals surface area contributed by atoms with Gasteiger partial charge in [-0.05, 0) is 29.8 Å². The number of hydrogen-bond donors (Lipinski definition) is 1. The van der Waals surface area contributed by atoms with Crippen LogP contribution in [0.3, 0.4) is 0 Å². The van der Waals surface area contributed by atoms with Crippen LogP contribution in [-0.2, 0) is 21.4 Å². The van der Waals surface area contributed by atoms with Gasteiger partial charge in [-0.25, -0.2) is 13.1 Å². The molecule has 0 bridgehead atoms. The molecule has 1 N–H and O–H groups in total. The Morgan fingerprint density at radius 1 is 1.13 bits per heavy atom. The first-order valence-corrected chi connectivity index (χ1v) is 11.1. The van der Waals surface area contributed by atoms with Crippen molar-refractivity contribution in [3.8, 4) is 17.2 Å². The molecule has 0 unspecified atom stereocenters. The summed E-state index contributed by atoms with van der Waals surface area (Å²) in [5.41, 5.74) is 0.929. The molecular weight excluding hydrogens is 408 g/mol. The highest BCUT2D eigenvalue weighted by atomic mass is 32.2. The third kappa shape index (κ3) is 5.64. The van der Waals surface area contributed by atoms with Gasteiger partial charge in [0.15, 0.2) is 11.5 Å². The van der Waals surface area contributed by atoms with E-state index in [1.54, 1.807) is 25.1 Å². The Bertz CT molecular complexity index is 993. The predicted molar refractivity (Wildman–Crippen MR) is 111 cm³/mol. The molecule has 30 heavy (non-hydrogen) atoms. The lowest BCUT2D eigenvalue weighted by molar-refractivity contribution is -0.130. The van der Waals surface area contributed by atoms with Gasteiger partial charge in [0.25, 0.3) is 0 Å². The van der Waals surface area contributed by atoms with Gasteiger partial charge >= 0.3 is 0 Å². The number of carbonyl (C=O) groups excluding carboxylic acids is 1. The van der Waals surface area contributed by atoms with Crippen LogP contribution in [0.15, 0.2) is 47.4 Å². The molecule has 1 aliphatic heterocycles. The highest BCUT2D eigenvalue weighted by Crippen LogP contribution is 2.31. The van der Waals surface area contributed by atoms with Gasteiger partial charge in [0, 0.05) is 39.0 Å². The summed E-state index contributed by atoms with van der Waals surface area (Å²) in [6.07, 6.45) is 0.782. The fourth-order valence-corrected chi connectivity index (χ4v) is 4.06. The van der Waals surface area contributed by atoms with Gasteiger partial charge in [-0.1, -0.05) is 12.1 Å². The van der Waals surface area contributed by atoms with Crippen LogP contribution in [0.1, 0.15) is 18.4 Å². The predicted octanol–water partition coefficient (Wildman–Crippen LogP) is 2.18. The number of carbonyl (C=O) groups is 1. The van der Waals surface area contributed by atoms with Crippen LogP contribution >= 0.6 is 0 Å². The zero-order valence-electron chi connectivity index (χ0n) is 17.1. The molecule has 0 atom stereocenters. The average Bonchev–Trinajstić information content (AvgIpc) is 2.98. The smallest absolute Gasteiger partial charge is 0.240 e. The van der Waals surface area contributed by atoms with Gasteiger partial charge in [-0.3, -0.25) is 4.79 Å². The summed E-state index contributed by atoms with van der Waals surface area (Å²) in [7, 11) is -0.500. The second-order valence-electron chi connectivity index (χ2n) is 6.91. The number of amides is 1. The van der Waals surface area contributed by atoms with E-state index in [2.05, 4.69) is 4.72 Å². The first-order valence-electron chi connectivity index (χ1n) is 9.65. The number of hydrogen-bond acceptors (Lipinski definition) is 6. The number of rotatable bonds is 8. The number of methoxy groups -OCH3 is 1. The van der Waals surface area contributed by atoms with Crippen LogP contribution < -0.4 is 18.9 Å². The molecular formula is C21H26N2O6S. The van der Waals surface area contributed by atoms with E-state index in [1.165, 1.54) is 12.1 Å². The van der Waals surface area contributed by atoms with E-state index in [9.17, 15) is 13.2 Å². The van der Waals surface area contributed by atoms with Crippen molar-refractivity contribution in [2.24, 2.45) is 0 Å². The van der Waals surface area contributed by atoms with Crippen LogP contribution in [0.5, 0.6) is 17.2 Å². The molecule has 0 fully saturated rings. The zero-order valence-corrected chi connectivity index (χ0v) is 17.9. The number of fused-ring (bicyclic) bond motifs is 1. The minimum atomic E-state index is -3.77. The van der Waals surface area contributed by atoms with Crippen molar-refractivity contribution in [1.29, 1.82) is 0 Å². The van der Waals surface area contributed by atoms with Crippen LogP contribution in [0.4, 0.5) is 0 Å². The number of ether oxygens (including phenoxy) is 3. The van der Waals surface area contributed by atoms with Crippen molar-refractivity contribution in [2.75, 3.05) is 33.9 Å². The van der Waals surface area contributed by atoms with Gasteiger partial charge in [-0.2, -0.15) is 0 Å². The lowest BCUT2D eigenvalue weighted by atomic mass is 10.2. The summed E-state index contributed by atoms with van der Waals surface area (Å²) in [6.45, 7) is 1.41. The van der Waals surface area contributed by atoms with Crippen LogP contribution in [-0.4, -0.2) is 53.1 Å². The maximum absolute atomic E-state index is 12.6. The summed E-state index contributed by atoms with van der Waals surface area (Å²) < 4.78 is 43.9. The Morgan fingerprint density at radius 2 is 1.90 bits per heavy atom. The van der Waals surface area contributed by atoms with E-state index in [-0.39, 0.29) is 23.8 Å². The van der Waals surface area contributed by atoms with E-state index in [4.69, 9.17) is 14.2 Å². The topological polar surface area (TPSA) is 94.2 Å². The second kappa shape index (κ2) is 9.82. The Kier molecular flexibility index (Phi) is 7.17. The molecule has 1 heterocycles. The van der Waals surface area contributed by atoms with Gasteiger partial charge < -0.3 is 19.1 Å². The molecule has 1 amide bonds. The monoisotopic (exact) mass is 434 g/mol. The number of nitrogens with one attached hydrogen (secondary N) is 1. The van der Waals surface area contributed by atoms with Gasteiger partial charge in [0.1, 0.15) is 5.75 Å². The highest BCUT2D eigenvalue weighted by molar-refractivity contribution is 7.89. The molecule has 0 saturated heterocycles. The van der Waals surface area contributed by atoms with Crippen molar-refractivity contribution in [2.45, 2.75) is 24.3 Å². The van der Waals surface area contributed by atoms with Gasteiger partial charge in [-0.15, -0.1) is 0 Å². The lowest BCUT2D eigenvalue weighted by Crippen LogP contribution is -2.32. The van der Waals surface area contributed by atoms with Gasteiger partial charge in [0.2, 0.25) is 15.9 Å². The molecule has 2 aromatic carbocycles. The summed E-state index contributed by atoms with van der Waals surface area (Å²) in [5.74, 6) is 1.49. The molecule has 0 saturated carbocycles. The Hall–Kier alpha value is -2.78. The number of nitrogens with zero attached hydrogens (tertiary/aromatic N) is 1. The Labute approximate surface area is 176 Å². The van der Waals surface area contributed by atoms with Crippen molar-refractivity contribution >= 4 is 15.9 Å². The minimum absolute atomic E-state index is 0.00193. The number of benzene rings is 2. The first kappa shape index (κ1) is 21.9. The molecule has 162 valence electrons. The molecule has 8 nitrogen and oxygen atoms in total. The highest BCUT2D eigenvalue weighted by Gasteiger charge is 2.19. The molecule has 0 aliphatic carbocycles. The maximum Gasteiger partial charge on any atom is 0.240 e. The molecule has 1 aliphatic rings. The SMILES string of the molecule is COc1cccc(CN(C)C(=O)CCNS(=O)(=O)c2ccc3c(c2)OCCCO3)c1. The summed E-state index contributed by atoms with van der Waals surface area (Å²) in [4.78, 5) is 14.0. The quantitative estimate of drug-likeness (QED) is 0.685. The molecule has 0 spiro atoms. The van der Waals surface area contributed by atoms with Crippen molar-refractivity contribution < 1.29 is 27.4 Å². The summed E-state index contributed by atoms with van der Waals surface area (Å²) in [5, 5.41) is 0. The van der Waals surface area contributed by atoms with Crippen molar-refractivity contribution in [3.63, 3.8) is 0 Å². The van der Waals surface area contributed by atoms with Crippen molar-refractivity contribution in [1.82, 2.24) is 9.62 Å². The van der Waals surface area contributed by atoms with E-state index < -0.39 is 10.0 Å². The fraction of sp³-hybridized carbons (Fsp3) is 0.381. The van der Waals surface area contributed by atoms with E-state index in [0.717, 1.165) is 17.7 Å². The van der Waals surface area contributed by atoms with Crippen LogP contribution in [0, 0.1) is 0 Å². The van der Waals surface area contributed by atoms with E-state index in [1.807, 2.05) is 24.3 Å². The van der Waals surface area contributed by atoms with E-state index in [0.29, 0.717) is 31.3 Å². The summed E-state index contributed by atoms with van der Waals surface area (Å²) in [6, 6.07) is 11.9. The molecule has 0 aromatic heterocycles. The molecule has 2 aromatic rings. The lowest BCUT2D eigenvalue weighted by Gasteiger charge is -2.18. The fourth-order valence-electron chi connectivity index (χ4n) is 3.01. The number of sulfonamides is 1. The third-order valence-corrected chi connectivity index (χ3v) is 6.10. The first-order chi connectivity index (χ1) is 14.4.